The Morgan fingerprint density at radius 2 is 1.78 bits per heavy atom. The minimum atomic E-state index is 0.183. The maximum Gasteiger partial charge on any atom is 0.220 e. The van der Waals surface area contributed by atoms with Crippen LogP contribution >= 0.6 is 0 Å². The van der Waals surface area contributed by atoms with Crippen molar-refractivity contribution in [3.05, 3.63) is 0 Å². The van der Waals surface area contributed by atoms with Crippen LogP contribution in [0.5, 0.6) is 0 Å². The fraction of sp³-hybridized carbons (Fsp3) is 0.929. The Hall–Kier alpha value is -0.610. The topological polar surface area (TPSA) is 81.1 Å². The van der Waals surface area contributed by atoms with Crippen molar-refractivity contribution in [1.82, 2.24) is 5.32 Å². The van der Waals surface area contributed by atoms with Gasteiger partial charge in [-0.3, -0.25) is 4.79 Å². The summed E-state index contributed by atoms with van der Waals surface area (Å²) in [5.41, 5.74) is 11.8. The number of rotatable bonds is 4. The Morgan fingerprint density at radius 1 is 1.06 bits per heavy atom. The summed E-state index contributed by atoms with van der Waals surface area (Å²) in [6.45, 7) is 0.688. The maximum atomic E-state index is 12.1. The lowest BCUT2D eigenvalue weighted by molar-refractivity contribution is -0.123. The van der Waals surface area contributed by atoms with Gasteiger partial charge in [0.15, 0.2) is 0 Å². The number of nitrogens with two attached hydrogens (primary N) is 2. The van der Waals surface area contributed by atoms with Gasteiger partial charge in [0, 0.05) is 18.5 Å². The van der Waals surface area contributed by atoms with Crippen molar-refractivity contribution in [3.63, 3.8) is 0 Å². The van der Waals surface area contributed by atoms with E-state index in [0.717, 1.165) is 25.7 Å². The first-order valence-corrected chi connectivity index (χ1v) is 7.45. The number of hydrogen-bond acceptors (Lipinski definition) is 3. The normalized spacial score (nSPS) is 36.6. The smallest absolute Gasteiger partial charge is 0.220 e. The summed E-state index contributed by atoms with van der Waals surface area (Å²) in [5, 5.41) is 3.19. The quantitative estimate of drug-likeness (QED) is 0.702. The van der Waals surface area contributed by atoms with E-state index in [9.17, 15) is 4.79 Å². The second-order valence-corrected chi connectivity index (χ2v) is 6.01. The highest BCUT2D eigenvalue weighted by Crippen LogP contribution is 2.28. The van der Waals surface area contributed by atoms with E-state index in [2.05, 4.69) is 5.32 Å². The van der Waals surface area contributed by atoms with E-state index >= 15 is 0 Å². The predicted octanol–water partition coefficient (Wildman–Crippen LogP) is 1.14. The molecule has 2 aliphatic carbocycles. The molecule has 1 amide bonds. The molecule has 4 heteroatoms. The van der Waals surface area contributed by atoms with Gasteiger partial charge in [-0.05, 0) is 44.1 Å². The zero-order valence-electron chi connectivity index (χ0n) is 11.2. The summed E-state index contributed by atoms with van der Waals surface area (Å²) in [6.07, 6.45) is 8.68. The molecule has 0 aromatic rings. The van der Waals surface area contributed by atoms with Crippen molar-refractivity contribution in [3.8, 4) is 0 Å². The maximum absolute atomic E-state index is 12.1. The standard InChI is InChI=1S/C14H27N3O/c15-9-11-4-1-2-7-13(11)17-14(18)8-10-5-3-6-12(10)16/h10-13H,1-9,15-16H2,(H,17,18)/t10-,11?,12+,13?/m0/s1. The van der Waals surface area contributed by atoms with E-state index in [1.165, 1.54) is 19.3 Å². The molecule has 0 saturated heterocycles. The third kappa shape index (κ3) is 3.45. The number of amides is 1. The molecular weight excluding hydrogens is 226 g/mol. The van der Waals surface area contributed by atoms with Crippen molar-refractivity contribution in [2.24, 2.45) is 23.3 Å². The van der Waals surface area contributed by atoms with Crippen molar-refractivity contribution >= 4 is 5.91 Å². The predicted molar refractivity (Wildman–Crippen MR) is 72.9 cm³/mol. The highest BCUT2D eigenvalue weighted by Gasteiger charge is 2.29. The first-order valence-electron chi connectivity index (χ1n) is 7.45. The zero-order valence-corrected chi connectivity index (χ0v) is 11.2. The van der Waals surface area contributed by atoms with E-state index in [4.69, 9.17) is 11.5 Å². The molecule has 2 aliphatic rings. The van der Waals surface area contributed by atoms with Crippen LogP contribution in [-0.4, -0.2) is 24.5 Å². The molecule has 0 spiro atoms. The van der Waals surface area contributed by atoms with Gasteiger partial charge in [0.25, 0.3) is 0 Å². The average molecular weight is 253 g/mol. The molecule has 0 aliphatic heterocycles. The molecule has 2 unspecified atom stereocenters. The first-order chi connectivity index (χ1) is 8.70. The molecule has 0 bridgehead atoms. The highest BCUT2D eigenvalue weighted by molar-refractivity contribution is 5.76. The Bertz CT molecular complexity index is 282. The monoisotopic (exact) mass is 253 g/mol. The van der Waals surface area contributed by atoms with Crippen molar-refractivity contribution < 1.29 is 4.79 Å². The third-order valence-electron chi connectivity index (χ3n) is 4.72. The van der Waals surface area contributed by atoms with Gasteiger partial charge in [-0.15, -0.1) is 0 Å². The van der Waals surface area contributed by atoms with Crippen molar-refractivity contribution in [2.75, 3.05) is 6.54 Å². The van der Waals surface area contributed by atoms with Crippen molar-refractivity contribution in [1.29, 1.82) is 0 Å². The average Bonchev–Trinajstić information content (AvgIpc) is 2.75. The fourth-order valence-electron chi connectivity index (χ4n) is 3.50. The van der Waals surface area contributed by atoms with Gasteiger partial charge in [-0.25, -0.2) is 0 Å². The molecule has 18 heavy (non-hydrogen) atoms. The van der Waals surface area contributed by atoms with Gasteiger partial charge >= 0.3 is 0 Å². The summed E-state index contributed by atoms with van der Waals surface area (Å²) >= 11 is 0. The Morgan fingerprint density at radius 3 is 2.44 bits per heavy atom. The Kier molecular flexibility index (Phi) is 5.01. The molecule has 4 atom stereocenters. The summed E-state index contributed by atoms with van der Waals surface area (Å²) in [5.74, 6) is 1.05. The zero-order chi connectivity index (χ0) is 13.0. The minimum absolute atomic E-state index is 0.183. The largest absolute Gasteiger partial charge is 0.353 e. The molecule has 104 valence electrons. The van der Waals surface area contributed by atoms with Gasteiger partial charge in [-0.1, -0.05) is 19.3 Å². The molecule has 4 nitrogen and oxygen atoms in total. The van der Waals surface area contributed by atoms with Gasteiger partial charge in [0.05, 0.1) is 0 Å². The van der Waals surface area contributed by atoms with Gasteiger partial charge < -0.3 is 16.8 Å². The van der Waals surface area contributed by atoms with E-state index in [1.54, 1.807) is 0 Å². The molecule has 0 aromatic carbocycles. The van der Waals surface area contributed by atoms with Crippen LogP contribution in [0.25, 0.3) is 0 Å². The van der Waals surface area contributed by atoms with E-state index < -0.39 is 0 Å². The molecule has 0 aromatic heterocycles. The molecule has 5 N–H and O–H groups in total. The number of carbonyl (C=O) groups is 1. The van der Waals surface area contributed by atoms with E-state index in [-0.39, 0.29) is 11.9 Å². The second-order valence-electron chi connectivity index (χ2n) is 6.01. The SMILES string of the molecule is NCC1CCCCC1NC(=O)C[C@@H]1CCC[C@H]1N. The number of nitrogens with one attached hydrogen (secondary N) is 1. The lowest BCUT2D eigenvalue weighted by atomic mass is 9.84. The van der Waals surface area contributed by atoms with Crippen LogP contribution in [0.15, 0.2) is 0 Å². The van der Waals surface area contributed by atoms with Crippen LogP contribution in [0, 0.1) is 11.8 Å². The Balaban J connectivity index is 1.78. The summed E-state index contributed by atoms with van der Waals surface area (Å²) in [6, 6.07) is 0.529. The van der Waals surface area contributed by atoms with Crippen LogP contribution in [0.2, 0.25) is 0 Å². The van der Waals surface area contributed by atoms with E-state index in [1.807, 2.05) is 0 Å². The highest BCUT2D eigenvalue weighted by atomic mass is 16.1. The van der Waals surface area contributed by atoms with Crippen LogP contribution in [-0.2, 0) is 4.79 Å². The summed E-state index contributed by atoms with van der Waals surface area (Å²) in [4.78, 5) is 12.1. The van der Waals surface area contributed by atoms with Gasteiger partial charge in [-0.2, -0.15) is 0 Å². The molecular formula is C14H27N3O. The van der Waals surface area contributed by atoms with Gasteiger partial charge in [0.1, 0.15) is 0 Å². The second kappa shape index (κ2) is 6.53. The first kappa shape index (κ1) is 13.8. The third-order valence-corrected chi connectivity index (χ3v) is 4.72. The van der Waals surface area contributed by atoms with Crippen LogP contribution in [0.1, 0.15) is 51.4 Å². The number of hydrogen-bond donors (Lipinski definition) is 3. The number of carbonyl (C=O) groups excluding carboxylic acids is 1. The molecule has 0 radical (unpaired) electrons. The van der Waals surface area contributed by atoms with Crippen LogP contribution in [0.4, 0.5) is 0 Å². The van der Waals surface area contributed by atoms with E-state index in [0.29, 0.717) is 30.8 Å². The summed E-state index contributed by atoms with van der Waals surface area (Å²) in [7, 11) is 0. The fourth-order valence-corrected chi connectivity index (χ4v) is 3.50. The van der Waals surface area contributed by atoms with Gasteiger partial charge in [0.2, 0.25) is 5.91 Å². The van der Waals surface area contributed by atoms with Crippen LogP contribution < -0.4 is 16.8 Å². The lowest BCUT2D eigenvalue weighted by Gasteiger charge is -2.31. The molecule has 2 saturated carbocycles. The molecule has 0 heterocycles. The van der Waals surface area contributed by atoms with Crippen LogP contribution in [0.3, 0.4) is 0 Å². The molecule has 2 fully saturated rings. The Labute approximate surface area is 110 Å². The summed E-state index contributed by atoms with van der Waals surface area (Å²) < 4.78 is 0. The van der Waals surface area contributed by atoms with Crippen molar-refractivity contribution in [2.45, 2.75) is 63.5 Å². The molecule has 2 rings (SSSR count). The minimum Gasteiger partial charge on any atom is -0.353 e. The lowest BCUT2D eigenvalue weighted by Crippen LogP contribution is -2.45.